The number of nitrogens with zero attached hydrogens (tertiary/aromatic N) is 1. The molecule has 2 aromatic carbocycles. The van der Waals surface area contributed by atoms with Crippen LogP contribution in [-0.2, 0) is 6.18 Å². The number of nitrogens with one attached hydrogen (secondary N) is 4. The van der Waals surface area contributed by atoms with E-state index in [0.717, 1.165) is 42.5 Å². The zero-order chi connectivity index (χ0) is 25.0. The van der Waals surface area contributed by atoms with E-state index in [2.05, 4.69) is 32.8 Å². The third kappa shape index (κ3) is 5.56. The Morgan fingerprint density at radius 3 is 2.66 bits per heavy atom. The van der Waals surface area contributed by atoms with Gasteiger partial charge in [0.15, 0.2) is 0 Å². The molecule has 0 bridgehead atoms. The van der Waals surface area contributed by atoms with Crippen molar-refractivity contribution >= 4 is 39.7 Å². The van der Waals surface area contributed by atoms with E-state index in [1.54, 1.807) is 30.5 Å². The molecule has 0 radical (unpaired) electrons. The Hall–Kier alpha value is -4.01. The fraction of sp³-hybridized carbons (Fsp3) is 0.231. The Morgan fingerprint density at radius 1 is 1.09 bits per heavy atom. The molecule has 2 heterocycles. The molecule has 6 nitrogen and oxygen atoms in total. The van der Waals surface area contributed by atoms with Crippen molar-refractivity contribution in [2.24, 2.45) is 0 Å². The van der Waals surface area contributed by atoms with Crippen LogP contribution in [0.15, 0.2) is 60.9 Å². The Morgan fingerprint density at radius 2 is 1.89 bits per heavy atom. The zero-order valence-electron chi connectivity index (χ0n) is 19.4. The van der Waals surface area contributed by atoms with E-state index in [1.165, 1.54) is 12.3 Å². The smallest absolute Gasteiger partial charge is 0.384 e. The number of hydrogen-bond acceptors (Lipinski definition) is 4. The molecule has 0 saturated heterocycles. The van der Waals surface area contributed by atoms with Crippen molar-refractivity contribution in [2.75, 3.05) is 22.5 Å². The van der Waals surface area contributed by atoms with Gasteiger partial charge in [-0.05, 0) is 55.3 Å². The zero-order valence-corrected chi connectivity index (χ0v) is 19.4. The standard InChI is InChI=1S/C26H26F3N5O/c1-3-4-11-30-23-20-10-12-31-24(20)32-15-21(23)25(35)34-22-14-19(9-8-16(22)2)33-18-7-5-6-17(13-18)26(27,28)29/h5-10,12-15,33H,3-4,11H2,1-2H3,(H,34,35)(H2,30,31,32). The fourth-order valence-corrected chi connectivity index (χ4v) is 3.72. The quantitative estimate of drug-likeness (QED) is 0.202. The third-order valence-corrected chi connectivity index (χ3v) is 5.63. The van der Waals surface area contributed by atoms with Gasteiger partial charge in [0.2, 0.25) is 0 Å². The summed E-state index contributed by atoms with van der Waals surface area (Å²) in [6.45, 7) is 4.66. The van der Waals surface area contributed by atoms with Gasteiger partial charge in [-0.1, -0.05) is 25.5 Å². The molecular formula is C26H26F3N5O. The van der Waals surface area contributed by atoms with Gasteiger partial charge in [0.05, 0.1) is 16.8 Å². The lowest BCUT2D eigenvalue weighted by Gasteiger charge is -2.16. The van der Waals surface area contributed by atoms with E-state index in [1.807, 2.05) is 13.0 Å². The van der Waals surface area contributed by atoms with Crippen LogP contribution in [-0.4, -0.2) is 22.4 Å². The minimum Gasteiger partial charge on any atom is -0.384 e. The summed E-state index contributed by atoms with van der Waals surface area (Å²) in [4.78, 5) is 20.7. The largest absolute Gasteiger partial charge is 0.416 e. The number of carbonyl (C=O) groups is 1. The summed E-state index contributed by atoms with van der Waals surface area (Å²) in [5.74, 6) is -0.334. The number of amides is 1. The molecule has 0 aliphatic carbocycles. The predicted molar refractivity (Wildman–Crippen MR) is 133 cm³/mol. The maximum absolute atomic E-state index is 13.3. The lowest BCUT2D eigenvalue weighted by atomic mass is 10.1. The van der Waals surface area contributed by atoms with E-state index in [4.69, 9.17) is 0 Å². The number of aromatic nitrogens is 2. The van der Waals surface area contributed by atoms with E-state index in [0.29, 0.717) is 34.0 Å². The van der Waals surface area contributed by atoms with Gasteiger partial charge in [-0.3, -0.25) is 4.79 Å². The first kappa shape index (κ1) is 24.1. The normalized spacial score (nSPS) is 11.5. The first-order chi connectivity index (χ1) is 16.8. The number of halogens is 3. The van der Waals surface area contributed by atoms with Crippen molar-refractivity contribution in [3.05, 3.63) is 77.6 Å². The minimum atomic E-state index is -4.43. The number of pyridine rings is 1. The molecule has 0 aliphatic heterocycles. The average Bonchev–Trinajstić information content (AvgIpc) is 3.30. The van der Waals surface area contributed by atoms with Gasteiger partial charge in [-0.25, -0.2) is 4.98 Å². The van der Waals surface area contributed by atoms with Gasteiger partial charge in [0.25, 0.3) is 5.91 Å². The molecule has 182 valence electrons. The lowest BCUT2D eigenvalue weighted by molar-refractivity contribution is -0.137. The molecule has 2 aromatic heterocycles. The molecule has 0 aliphatic rings. The van der Waals surface area contributed by atoms with Crippen LogP contribution in [0, 0.1) is 6.92 Å². The van der Waals surface area contributed by atoms with Crippen molar-refractivity contribution in [3.63, 3.8) is 0 Å². The lowest BCUT2D eigenvalue weighted by Crippen LogP contribution is -2.16. The monoisotopic (exact) mass is 481 g/mol. The molecule has 0 atom stereocenters. The van der Waals surface area contributed by atoms with Crippen molar-refractivity contribution in [2.45, 2.75) is 32.9 Å². The molecule has 1 amide bonds. The Balaban J connectivity index is 1.58. The topological polar surface area (TPSA) is 81.8 Å². The summed E-state index contributed by atoms with van der Waals surface area (Å²) < 4.78 is 39.1. The fourth-order valence-electron chi connectivity index (χ4n) is 3.72. The number of alkyl halides is 3. The van der Waals surface area contributed by atoms with Crippen LogP contribution in [0.1, 0.15) is 41.3 Å². The molecule has 0 spiro atoms. The molecule has 4 rings (SSSR count). The van der Waals surface area contributed by atoms with Gasteiger partial charge in [0, 0.05) is 41.4 Å². The number of rotatable bonds is 8. The van der Waals surface area contributed by atoms with E-state index in [-0.39, 0.29) is 5.91 Å². The van der Waals surface area contributed by atoms with Crippen LogP contribution in [0.3, 0.4) is 0 Å². The molecule has 0 fully saturated rings. The minimum absolute atomic E-state index is 0.297. The van der Waals surface area contributed by atoms with Gasteiger partial charge in [-0.15, -0.1) is 0 Å². The highest BCUT2D eigenvalue weighted by Crippen LogP contribution is 2.32. The van der Waals surface area contributed by atoms with Crippen LogP contribution < -0.4 is 16.0 Å². The second-order valence-corrected chi connectivity index (χ2v) is 8.25. The van der Waals surface area contributed by atoms with Crippen molar-refractivity contribution in [1.29, 1.82) is 0 Å². The van der Waals surface area contributed by atoms with Gasteiger partial charge in [0.1, 0.15) is 5.65 Å². The van der Waals surface area contributed by atoms with Crippen LogP contribution in [0.25, 0.3) is 11.0 Å². The number of aryl methyl sites for hydroxylation is 1. The number of carbonyl (C=O) groups excluding carboxylic acids is 1. The van der Waals surface area contributed by atoms with E-state index in [9.17, 15) is 18.0 Å². The van der Waals surface area contributed by atoms with Crippen molar-refractivity contribution in [3.8, 4) is 0 Å². The van der Waals surface area contributed by atoms with Crippen molar-refractivity contribution in [1.82, 2.24) is 9.97 Å². The number of unbranched alkanes of at least 4 members (excludes halogenated alkanes) is 1. The number of fused-ring (bicyclic) bond motifs is 1. The third-order valence-electron chi connectivity index (χ3n) is 5.63. The molecule has 0 saturated carbocycles. The van der Waals surface area contributed by atoms with Gasteiger partial charge in [-0.2, -0.15) is 13.2 Å². The van der Waals surface area contributed by atoms with E-state index < -0.39 is 11.7 Å². The summed E-state index contributed by atoms with van der Waals surface area (Å²) in [5, 5.41) is 10.1. The highest BCUT2D eigenvalue weighted by molar-refractivity contribution is 6.12. The Kier molecular flexibility index (Phi) is 6.95. The molecule has 9 heteroatoms. The SMILES string of the molecule is CCCCNc1c(C(=O)Nc2cc(Nc3cccc(C(F)(F)F)c3)ccc2C)cnc2[nH]ccc12. The summed E-state index contributed by atoms with van der Waals surface area (Å²) in [6, 6.07) is 12.1. The summed E-state index contributed by atoms with van der Waals surface area (Å²) in [5.41, 5.74) is 3.26. The number of anilines is 4. The second-order valence-electron chi connectivity index (χ2n) is 8.25. The average molecular weight is 482 g/mol. The Labute approximate surface area is 201 Å². The van der Waals surface area contributed by atoms with Crippen LogP contribution >= 0.6 is 0 Å². The van der Waals surface area contributed by atoms with Crippen LogP contribution in [0.2, 0.25) is 0 Å². The van der Waals surface area contributed by atoms with Crippen LogP contribution in [0.5, 0.6) is 0 Å². The van der Waals surface area contributed by atoms with Gasteiger partial charge >= 0.3 is 6.18 Å². The van der Waals surface area contributed by atoms with Crippen molar-refractivity contribution < 1.29 is 18.0 Å². The Bertz CT molecular complexity index is 1350. The predicted octanol–water partition coefficient (Wildman–Crippen LogP) is 7.10. The highest BCUT2D eigenvalue weighted by Gasteiger charge is 2.30. The summed E-state index contributed by atoms with van der Waals surface area (Å²) >= 11 is 0. The van der Waals surface area contributed by atoms with E-state index >= 15 is 0 Å². The first-order valence-corrected chi connectivity index (χ1v) is 11.3. The summed E-state index contributed by atoms with van der Waals surface area (Å²) in [7, 11) is 0. The summed E-state index contributed by atoms with van der Waals surface area (Å²) in [6.07, 6.45) is 0.847. The number of aromatic amines is 1. The molecule has 4 aromatic rings. The molecule has 0 unspecified atom stereocenters. The van der Waals surface area contributed by atoms with Crippen LogP contribution in [0.4, 0.5) is 35.9 Å². The maximum atomic E-state index is 13.3. The highest BCUT2D eigenvalue weighted by atomic mass is 19.4. The second kappa shape index (κ2) is 10.1. The number of H-pyrrole nitrogens is 1. The molecule has 35 heavy (non-hydrogen) atoms. The molecular weight excluding hydrogens is 455 g/mol. The first-order valence-electron chi connectivity index (χ1n) is 11.3. The molecule has 4 N–H and O–H groups in total. The maximum Gasteiger partial charge on any atom is 0.416 e. The number of benzene rings is 2. The number of hydrogen-bond donors (Lipinski definition) is 4. The van der Waals surface area contributed by atoms with Gasteiger partial charge < -0.3 is 20.9 Å².